The molecule has 98 valence electrons. The summed E-state index contributed by atoms with van der Waals surface area (Å²) in [7, 11) is 4.11. The molecule has 0 saturated carbocycles. The number of anilines is 1. The van der Waals surface area contributed by atoms with Gasteiger partial charge in [-0.1, -0.05) is 0 Å². The van der Waals surface area contributed by atoms with E-state index in [4.69, 9.17) is 5.11 Å². The fourth-order valence-corrected chi connectivity index (χ4v) is 2.31. The minimum absolute atomic E-state index is 0.291. The van der Waals surface area contributed by atoms with Gasteiger partial charge in [0, 0.05) is 19.3 Å². The Morgan fingerprint density at radius 1 is 1.50 bits per heavy atom. The van der Waals surface area contributed by atoms with Crippen molar-refractivity contribution in [2.24, 2.45) is 0 Å². The quantitative estimate of drug-likeness (QED) is 0.875. The van der Waals surface area contributed by atoms with Crippen molar-refractivity contribution in [1.82, 2.24) is 9.88 Å². The zero-order valence-electron chi connectivity index (χ0n) is 10.8. The fraction of sp³-hybridized carbons (Fsp3) is 0.538. The Bertz CT molecular complexity index is 428. The molecule has 1 N–H and O–H groups in total. The molecule has 1 aromatic rings. The van der Waals surface area contributed by atoms with Gasteiger partial charge in [-0.15, -0.1) is 0 Å². The number of nitrogens with zero attached hydrogens (tertiary/aromatic N) is 3. The lowest BCUT2D eigenvalue weighted by Gasteiger charge is -2.35. The Morgan fingerprint density at radius 3 is 2.78 bits per heavy atom. The molecular weight excluding hydrogens is 230 g/mol. The number of hydrogen-bond donors (Lipinski definition) is 1. The van der Waals surface area contributed by atoms with Crippen LogP contribution in [0.1, 0.15) is 23.2 Å². The predicted octanol–water partition coefficient (Wildman–Crippen LogP) is 1.31. The molecular formula is C13H19N3O2. The van der Waals surface area contributed by atoms with Crippen LogP contribution in [0.25, 0.3) is 0 Å². The maximum Gasteiger partial charge on any atom is 0.335 e. The first-order chi connectivity index (χ1) is 8.58. The van der Waals surface area contributed by atoms with Crippen LogP contribution in [0, 0.1) is 0 Å². The van der Waals surface area contributed by atoms with Gasteiger partial charge in [0.25, 0.3) is 0 Å². The second kappa shape index (κ2) is 5.35. The molecule has 0 atom stereocenters. The van der Waals surface area contributed by atoms with Gasteiger partial charge in [0.1, 0.15) is 5.82 Å². The Hall–Kier alpha value is -1.62. The summed E-state index contributed by atoms with van der Waals surface area (Å²) in [6.07, 6.45) is 3.74. The van der Waals surface area contributed by atoms with Gasteiger partial charge < -0.3 is 14.9 Å². The third-order valence-electron chi connectivity index (χ3n) is 3.59. The SMILES string of the molecule is CN1CCC(N(C)c2cc(C(=O)O)ccn2)CC1. The average Bonchev–Trinajstić information content (AvgIpc) is 2.39. The van der Waals surface area contributed by atoms with Crippen LogP contribution in [0.3, 0.4) is 0 Å². The van der Waals surface area contributed by atoms with Crippen molar-refractivity contribution >= 4 is 11.8 Å². The van der Waals surface area contributed by atoms with Crippen LogP contribution in [0.15, 0.2) is 18.3 Å². The van der Waals surface area contributed by atoms with E-state index < -0.39 is 5.97 Å². The summed E-state index contributed by atoms with van der Waals surface area (Å²) in [6.45, 7) is 2.15. The van der Waals surface area contributed by atoms with Gasteiger partial charge >= 0.3 is 5.97 Å². The molecule has 1 fully saturated rings. The zero-order chi connectivity index (χ0) is 13.1. The summed E-state index contributed by atoms with van der Waals surface area (Å²) in [6, 6.07) is 3.60. The van der Waals surface area contributed by atoms with Crippen LogP contribution in [0.4, 0.5) is 5.82 Å². The minimum atomic E-state index is -0.907. The van der Waals surface area contributed by atoms with Crippen LogP contribution in [-0.2, 0) is 0 Å². The highest BCUT2D eigenvalue weighted by Crippen LogP contribution is 2.20. The molecule has 0 aromatic carbocycles. The summed E-state index contributed by atoms with van der Waals surface area (Å²) < 4.78 is 0. The number of carbonyl (C=O) groups is 1. The number of rotatable bonds is 3. The summed E-state index contributed by atoms with van der Waals surface area (Å²) in [5.74, 6) is -0.167. The zero-order valence-corrected chi connectivity index (χ0v) is 10.8. The molecule has 1 aromatic heterocycles. The molecule has 0 radical (unpaired) electrons. The molecule has 18 heavy (non-hydrogen) atoms. The van der Waals surface area contributed by atoms with Gasteiger partial charge in [0.15, 0.2) is 0 Å². The number of hydrogen-bond acceptors (Lipinski definition) is 4. The number of aromatic nitrogens is 1. The fourth-order valence-electron chi connectivity index (χ4n) is 2.31. The van der Waals surface area contributed by atoms with Gasteiger partial charge in [0.05, 0.1) is 5.56 Å². The molecule has 2 heterocycles. The number of carboxylic acids is 1. The molecule has 2 rings (SSSR count). The summed E-state index contributed by atoms with van der Waals surface area (Å²) in [5.41, 5.74) is 0.291. The van der Waals surface area contributed by atoms with E-state index in [0.29, 0.717) is 11.6 Å². The number of pyridine rings is 1. The minimum Gasteiger partial charge on any atom is -0.478 e. The van der Waals surface area contributed by atoms with Crippen molar-refractivity contribution in [3.05, 3.63) is 23.9 Å². The van der Waals surface area contributed by atoms with Crippen molar-refractivity contribution in [2.75, 3.05) is 32.1 Å². The van der Waals surface area contributed by atoms with E-state index >= 15 is 0 Å². The van der Waals surface area contributed by atoms with Gasteiger partial charge in [0.2, 0.25) is 0 Å². The van der Waals surface area contributed by atoms with Crippen molar-refractivity contribution < 1.29 is 9.90 Å². The summed E-state index contributed by atoms with van der Waals surface area (Å²) >= 11 is 0. The lowest BCUT2D eigenvalue weighted by atomic mass is 10.0. The largest absolute Gasteiger partial charge is 0.478 e. The van der Waals surface area contributed by atoms with E-state index in [-0.39, 0.29) is 0 Å². The third-order valence-corrected chi connectivity index (χ3v) is 3.59. The molecule has 0 aliphatic carbocycles. The highest BCUT2D eigenvalue weighted by atomic mass is 16.4. The van der Waals surface area contributed by atoms with E-state index in [2.05, 4.69) is 21.8 Å². The van der Waals surface area contributed by atoms with Gasteiger partial charge in [-0.2, -0.15) is 0 Å². The molecule has 5 nitrogen and oxygen atoms in total. The highest BCUT2D eigenvalue weighted by molar-refractivity contribution is 5.88. The Kier molecular flexibility index (Phi) is 3.81. The van der Waals surface area contributed by atoms with Crippen LogP contribution >= 0.6 is 0 Å². The van der Waals surface area contributed by atoms with Crippen molar-refractivity contribution in [1.29, 1.82) is 0 Å². The number of likely N-dealkylation sites (tertiary alicyclic amines) is 1. The number of piperidine rings is 1. The average molecular weight is 249 g/mol. The Morgan fingerprint density at radius 2 is 2.17 bits per heavy atom. The van der Waals surface area contributed by atoms with Crippen molar-refractivity contribution in [3.63, 3.8) is 0 Å². The van der Waals surface area contributed by atoms with E-state index in [1.165, 1.54) is 6.07 Å². The molecule has 1 saturated heterocycles. The standard InChI is InChI=1S/C13H19N3O2/c1-15-7-4-11(5-8-15)16(2)12-9-10(13(17)18)3-6-14-12/h3,6,9,11H,4-5,7-8H2,1-2H3,(H,17,18). The maximum atomic E-state index is 10.9. The first-order valence-corrected chi connectivity index (χ1v) is 6.18. The maximum absolute atomic E-state index is 10.9. The predicted molar refractivity (Wildman–Crippen MR) is 70.1 cm³/mol. The lowest BCUT2D eigenvalue weighted by molar-refractivity contribution is 0.0697. The normalized spacial score (nSPS) is 17.7. The van der Waals surface area contributed by atoms with Gasteiger partial charge in [-0.05, 0) is 45.1 Å². The monoisotopic (exact) mass is 249 g/mol. The van der Waals surface area contributed by atoms with Crippen LogP contribution in [0.2, 0.25) is 0 Å². The van der Waals surface area contributed by atoms with E-state index in [1.54, 1.807) is 12.3 Å². The lowest BCUT2D eigenvalue weighted by Crippen LogP contribution is -2.42. The van der Waals surface area contributed by atoms with Crippen LogP contribution in [-0.4, -0.2) is 54.2 Å². The van der Waals surface area contributed by atoms with Crippen LogP contribution < -0.4 is 4.90 Å². The molecule has 0 amide bonds. The molecule has 1 aliphatic rings. The van der Waals surface area contributed by atoms with E-state index in [9.17, 15) is 4.79 Å². The molecule has 0 bridgehead atoms. The highest BCUT2D eigenvalue weighted by Gasteiger charge is 2.21. The smallest absolute Gasteiger partial charge is 0.335 e. The molecule has 0 spiro atoms. The third kappa shape index (κ3) is 2.79. The molecule has 0 unspecified atom stereocenters. The van der Waals surface area contributed by atoms with Crippen LogP contribution in [0.5, 0.6) is 0 Å². The topological polar surface area (TPSA) is 56.7 Å². The van der Waals surface area contributed by atoms with Crippen molar-refractivity contribution in [3.8, 4) is 0 Å². The Labute approximate surface area is 107 Å². The first kappa shape index (κ1) is 12.8. The van der Waals surface area contributed by atoms with E-state index in [0.717, 1.165) is 31.7 Å². The first-order valence-electron chi connectivity index (χ1n) is 6.18. The van der Waals surface area contributed by atoms with Crippen molar-refractivity contribution in [2.45, 2.75) is 18.9 Å². The second-order valence-corrected chi connectivity index (χ2v) is 4.85. The summed E-state index contributed by atoms with van der Waals surface area (Å²) in [5, 5.41) is 8.98. The number of aromatic carboxylic acids is 1. The van der Waals surface area contributed by atoms with Gasteiger partial charge in [-0.3, -0.25) is 0 Å². The molecule has 1 aliphatic heterocycles. The second-order valence-electron chi connectivity index (χ2n) is 4.85. The van der Waals surface area contributed by atoms with Gasteiger partial charge in [-0.25, -0.2) is 9.78 Å². The van der Waals surface area contributed by atoms with E-state index in [1.807, 2.05) is 7.05 Å². The Balaban J connectivity index is 2.10. The number of carboxylic acid groups (broad SMARTS) is 1. The summed E-state index contributed by atoms with van der Waals surface area (Å²) in [4.78, 5) is 19.6. The molecule has 5 heteroatoms.